The quantitative estimate of drug-likeness (QED) is 0.403. The van der Waals surface area contributed by atoms with Crippen LogP contribution in [0.2, 0.25) is 5.02 Å². The maximum atomic E-state index is 15.0. The molecule has 0 amide bonds. The Morgan fingerprint density at radius 2 is 1.83 bits per heavy atom. The summed E-state index contributed by atoms with van der Waals surface area (Å²) < 4.78 is 61.9. The minimum Gasteiger partial charge on any atom is -0.480 e. The van der Waals surface area contributed by atoms with E-state index in [0.29, 0.717) is 0 Å². The Morgan fingerprint density at radius 3 is 2.46 bits per heavy atom. The number of pyridine rings is 1. The fraction of sp³-hybridized carbons (Fsp3) is 0.227. The van der Waals surface area contributed by atoms with Gasteiger partial charge in [0.15, 0.2) is 10.7 Å². The molecular formula is C22H20ClF2N5O4S. The van der Waals surface area contributed by atoms with Crippen LogP contribution in [-0.2, 0) is 10.0 Å². The first-order valence-electron chi connectivity index (χ1n) is 9.89. The van der Waals surface area contributed by atoms with Crippen molar-refractivity contribution in [2.75, 3.05) is 23.8 Å². The molecule has 0 aliphatic heterocycles. The monoisotopic (exact) mass is 523 g/mol. The SMILES string of the molecule is COc1ncc(Cl)cc1S(=O)(=O)Nc1ccc(F)c(C#Cc2cnc(NC(C)(C)CO)nc2)c1F. The number of benzene rings is 1. The number of hydrogen-bond acceptors (Lipinski definition) is 8. The van der Waals surface area contributed by atoms with E-state index in [2.05, 4.69) is 32.1 Å². The molecule has 2 aromatic heterocycles. The first-order valence-corrected chi connectivity index (χ1v) is 11.8. The van der Waals surface area contributed by atoms with Gasteiger partial charge in [0.05, 0.1) is 41.1 Å². The van der Waals surface area contributed by atoms with Crippen molar-refractivity contribution in [3.63, 3.8) is 0 Å². The van der Waals surface area contributed by atoms with Crippen molar-refractivity contribution in [1.82, 2.24) is 15.0 Å². The third-order valence-corrected chi connectivity index (χ3v) is 6.00. The Hall–Kier alpha value is -3.53. The standard InChI is InChI=1S/C22H20ClF2N5O4S/c1-22(2,12-31)29-21-27-9-13(10-28-21)4-5-15-16(24)6-7-17(19(15)25)30-35(32,33)18-8-14(23)11-26-20(18)34-3/h6-11,30-31H,12H2,1-3H3,(H,27,28,29). The first kappa shape index (κ1) is 26.1. The number of methoxy groups -OCH3 is 1. The summed E-state index contributed by atoms with van der Waals surface area (Å²) in [4.78, 5) is 11.4. The molecule has 184 valence electrons. The van der Waals surface area contributed by atoms with Crippen LogP contribution < -0.4 is 14.8 Å². The lowest BCUT2D eigenvalue weighted by atomic mass is 10.1. The van der Waals surface area contributed by atoms with Crippen molar-refractivity contribution >= 4 is 33.3 Å². The normalized spacial score (nSPS) is 11.4. The van der Waals surface area contributed by atoms with Crippen LogP contribution in [0, 0.1) is 23.5 Å². The van der Waals surface area contributed by atoms with Crippen LogP contribution in [0.1, 0.15) is 25.0 Å². The van der Waals surface area contributed by atoms with E-state index < -0.39 is 43.3 Å². The molecule has 13 heteroatoms. The molecule has 0 aliphatic carbocycles. The molecule has 0 fully saturated rings. The van der Waals surface area contributed by atoms with E-state index in [9.17, 15) is 17.9 Å². The van der Waals surface area contributed by atoms with Gasteiger partial charge in [-0.3, -0.25) is 4.72 Å². The van der Waals surface area contributed by atoms with E-state index in [-0.39, 0.29) is 29.0 Å². The van der Waals surface area contributed by atoms with Crippen molar-refractivity contribution < 1.29 is 27.0 Å². The van der Waals surface area contributed by atoms with Crippen LogP contribution in [-0.4, -0.2) is 47.7 Å². The maximum Gasteiger partial charge on any atom is 0.267 e. The number of hydrogen-bond donors (Lipinski definition) is 3. The van der Waals surface area contributed by atoms with E-state index in [1.54, 1.807) is 13.8 Å². The molecule has 0 saturated heterocycles. The lowest BCUT2D eigenvalue weighted by Crippen LogP contribution is -2.35. The molecule has 3 rings (SSSR count). The number of aliphatic hydroxyl groups is 1. The van der Waals surface area contributed by atoms with Gasteiger partial charge in [0.25, 0.3) is 10.0 Å². The Balaban J connectivity index is 1.90. The van der Waals surface area contributed by atoms with Gasteiger partial charge < -0.3 is 15.2 Å². The number of halogens is 3. The lowest BCUT2D eigenvalue weighted by molar-refractivity contribution is 0.233. The molecule has 3 N–H and O–H groups in total. The van der Waals surface area contributed by atoms with E-state index in [0.717, 1.165) is 18.2 Å². The van der Waals surface area contributed by atoms with Gasteiger partial charge in [0.1, 0.15) is 5.82 Å². The molecule has 0 spiro atoms. The summed E-state index contributed by atoms with van der Waals surface area (Å²) >= 11 is 5.83. The molecular weight excluding hydrogens is 504 g/mol. The fourth-order valence-electron chi connectivity index (χ4n) is 2.63. The molecule has 0 saturated carbocycles. The molecule has 3 aromatic rings. The van der Waals surface area contributed by atoms with Crippen LogP contribution in [0.3, 0.4) is 0 Å². The highest BCUT2D eigenvalue weighted by Crippen LogP contribution is 2.28. The fourth-order valence-corrected chi connectivity index (χ4v) is 4.06. The van der Waals surface area contributed by atoms with Gasteiger partial charge in [0, 0.05) is 18.6 Å². The zero-order valence-electron chi connectivity index (χ0n) is 18.7. The van der Waals surface area contributed by atoms with Crippen LogP contribution in [0.25, 0.3) is 0 Å². The number of ether oxygens (including phenoxy) is 1. The van der Waals surface area contributed by atoms with Gasteiger partial charge >= 0.3 is 0 Å². The lowest BCUT2D eigenvalue weighted by Gasteiger charge is -2.23. The highest BCUT2D eigenvalue weighted by atomic mass is 35.5. The van der Waals surface area contributed by atoms with Gasteiger partial charge in [-0.05, 0) is 32.0 Å². The second kappa shape index (κ2) is 10.4. The van der Waals surface area contributed by atoms with Crippen molar-refractivity contribution in [1.29, 1.82) is 0 Å². The summed E-state index contributed by atoms with van der Waals surface area (Å²) in [6, 6.07) is 2.88. The largest absolute Gasteiger partial charge is 0.480 e. The van der Waals surface area contributed by atoms with Crippen molar-refractivity contribution in [3.05, 3.63) is 64.6 Å². The minimum atomic E-state index is -4.40. The van der Waals surface area contributed by atoms with E-state index in [4.69, 9.17) is 16.3 Å². The summed E-state index contributed by atoms with van der Waals surface area (Å²) in [5.74, 6) is 2.63. The molecule has 35 heavy (non-hydrogen) atoms. The highest BCUT2D eigenvalue weighted by molar-refractivity contribution is 7.92. The number of rotatable bonds is 7. The van der Waals surface area contributed by atoms with Crippen LogP contribution in [0.4, 0.5) is 20.4 Å². The Morgan fingerprint density at radius 1 is 1.14 bits per heavy atom. The molecule has 0 atom stereocenters. The average molecular weight is 524 g/mol. The summed E-state index contributed by atoms with van der Waals surface area (Å²) in [7, 11) is -3.19. The number of nitrogens with zero attached hydrogens (tertiary/aromatic N) is 3. The van der Waals surface area contributed by atoms with E-state index >= 15 is 4.39 Å². The average Bonchev–Trinajstić information content (AvgIpc) is 2.81. The molecule has 2 heterocycles. The van der Waals surface area contributed by atoms with Crippen molar-refractivity contribution in [2.24, 2.45) is 0 Å². The molecule has 0 radical (unpaired) electrons. The smallest absolute Gasteiger partial charge is 0.267 e. The molecule has 9 nitrogen and oxygen atoms in total. The third-order valence-electron chi connectivity index (χ3n) is 4.43. The predicted octanol–water partition coefficient (Wildman–Crippen LogP) is 3.20. The van der Waals surface area contributed by atoms with Crippen LogP contribution in [0.15, 0.2) is 41.7 Å². The second-order valence-electron chi connectivity index (χ2n) is 7.76. The Kier molecular flexibility index (Phi) is 7.74. The maximum absolute atomic E-state index is 15.0. The number of anilines is 2. The Labute approximate surface area is 205 Å². The molecule has 0 aliphatic rings. The number of nitrogens with one attached hydrogen (secondary N) is 2. The number of sulfonamides is 1. The van der Waals surface area contributed by atoms with Crippen molar-refractivity contribution in [2.45, 2.75) is 24.3 Å². The van der Waals surface area contributed by atoms with Crippen LogP contribution >= 0.6 is 11.6 Å². The number of aromatic nitrogens is 3. The van der Waals surface area contributed by atoms with Gasteiger partial charge in [-0.2, -0.15) is 0 Å². The molecule has 0 unspecified atom stereocenters. The van der Waals surface area contributed by atoms with Gasteiger partial charge in [-0.1, -0.05) is 23.4 Å². The van der Waals surface area contributed by atoms with Gasteiger partial charge in [-0.25, -0.2) is 32.2 Å². The highest BCUT2D eigenvalue weighted by Gasteiger charge is 2.24. The second-order valence-corrected chi connectivity index (χ2v) is 9.85. The van der Waals surface area contributed by atoms with Gasteiger partial charge in [-0.15, -0.1) is 0 Å². The summed E-state index contributed by atoms with van der Waals surface area (Å²) in [5, 5.41) is 12.2. The van der Waals surface area contributed by atoms with E-state index in [1.807, 2.05) is 4.72 Å². The first-order chi connectivity index (χ1) is 16.5. The number of aliphatic hydroxyl groups excluding tert-OH is 1. The topological polar surface area (TPSA) is 126 Å². The zero-order valence-corrected chi connectivity index (χ0v) is 20.3. The van der Waals surface area contributed by atoms with E-state index in [1.165, 1.54) is 25.7 Å². The Bertz CT molecular complexity index is 1410. The summed E-state index contributed by atoms with van der Waals surface area (Å²) in [6.45, 7) is 3.34. The minimum absolute atomic E-state index is 0.0145. The third kappa shape index (κ3) is 6.33. The van der Waals surface area contributed by atoms with Crippen molar-refractivity contribution in [3.8, 4) is 17.7 Å². The predicted molar refractivity (Wildman–Crippen MR) is 126 cm³/mol. The molecule has 1 aromatic carbocycles. The molecule has 0 bridgehead atoms. The summed E-state index contributed by atoms with van der Waals surface area (Å²) in [6.07, 6.45) is 3.85. The zero-order chi connectivity index (χ0) is 25.8. The van der Waals surface area contributed by atoms with Crippen LogP contribution in [0.5, 0.6) is 5.88 Å². The van der Waals surface area contributed by atoms with Gasteiger partial charge in [0.2, 0.25) is 11.8 Å². The summed E-state index contributed by atoms with van der Waals surface area (Å²) in [5.41, 5.74) is -1.61.